The van der Waals surface area contributed by atoms with Crippen molar-refractivity contribution in [1.82, 2.24) is 4.57 Å². The predicted molar refractivity (Wildman–Crippen MR) is 55.6 cm³/mol. The van der Waals surface area contributed by atoms with Crippen molar-refractivity contribution in [1.29, 1.82) is 0 Å². The van der Waals surface area contributed by atoms with Crippen LogP contribution in [0.25, 0.3) is 0 Å². The van der Waals surface area contributed by atoms with Crippen molar-refractivity contribution < 1.29 is 9.67 Å². The van der Waals surface area contributed by atoms with Gasteiger partial charge in [-0.1, -0.05) is 26.2 Å². The van der Waals surface area contributed by atoms with Crippen LogP contribution in [0.15, 0.2) is 18.7 Å². The first-order chi connectivity index (χ1) is 6.74. The highest BCUT2D eigenvalue weighted by Crippen LogP contribution is 2.12. The van der Waals surface area contributed by atoms with E-state index in [0.29, 0.717) is 0 Å². The molecule has 0 spiro atoms. The molecule has 0 fully saturated rings. The number of hydrogen-bond acceptors (Lipinski definition) is 1. The fraction of sp³-hybridized carbons (Fsp3) is 0.727. The molecule has 0 saturated carbocycles. The molecule has 0 aromatic carbocycles. The Morgan fingerprint density at radius 1 is 1.36 bits per heavy atom. The van der Waals surface area contributed by atoms with Crippen molar-refractivity contribution in [2.24, 2.45) is 7.05 Å². The number of aliphatic hydroxyl groups excluding tert-OH is 1. The van der Waals surface area contributed by atoms with Crippen molar-refractivity contribution in [3.63, 3.8) is 0 Å². The average molecular weight is 197 g/mol. The van der Waals surface area contributed by atoms with Crippen molar-refractivity contribution >= 4 is 0 Å². The van der Waals surface area contributed by atoms with Crippen LogP contribution in [0, 0.1) is 0 Å². The molecule has 0 aliphatic heterocycles. The first-order valence-electron chi connectivity index (χ1n) is 5.45. The Morgan fingerprint density at radius 3 is 2.71 bits per heavy atom. The predicted octanol–water partition coefficient (Wildman–Crippen LogP) is 1.77. The van der Waals surface area contributed by atoms with E-state index in [0.717, 1.165) is 12.8 Å². The van der Waals surface area contributed by atoms with E-state index in [1.165, 1.54) is 19.3 Å². The quantitative estimate of drug-likeness (QED) is 0.546. The minimum atomic E-state index is -0.354. The number of nitrogens with zero attached hydrogens (tertiary/aromatic N) is 2. The van der Waals surface area contributed by atoms with Crippen molar-refractivity contribution in [2.75, 3.05) is 0 Å². The van der Waals surface area contributed by atoms with Crippen LogP contribution in [0.4, 0.5) is 0 Å². The zero-order valence-electron chi connectivity index (χ0n) is 9.19. The van der Waals surface area contributed by atoms with Gasteiger partial charge in [-0.2, -0.15) is 0 Å². The molecule has 1 N–H and O–H groups in total. The maximum atomic E-state index is 9.78. The highest BCUT2D eigenvalue weighted by atomic mass is 16.3. The van der Waals surface area contributed by atoms with Gasteiger partial charge in [-0.3, -0.25) is 0 Å². The molecule has 1 atom stereocenters. The molecular weight excluding hydrogens is 176 g/mol. The maximum Gasteiger partial charge on any atom is 0.245 e. The van der Waals surface area contributed by atoms with Crippen LogP contribution in [0.3, 0.4) is 0 Å². The second-order valence-corrected chi connectivity index (χ2v) is 3.86. The van der Waals surface area contributed by atoms with Gasteiger partial charge in [-0.05, 0) is 6.42 Å². The zero-order chi connectivity index (χ0) is 10.4. The van der Waals surface area contributed by atoms with E-state index in [4.69, 9.17) is 0 Å². The van der Waals surface area contributed by atoms with Gasteiger partial charge in [-0.15, -0.1) is 0 Å². The Morgan fingerprint density at radius 2 is 2.14 bits per heavy atom. The second-order valence-electron chi connectivity index (χ2n) is 3.86. The average Bonchev–Trinajstić information content (AvgIpc) is 2.59. The molecule has 0 aliphatic carbocycles. The van der Waals surface area contributed by atoms with Crippen molar-refractivity contribution in [2.45, 2.75) is 45.3 Å². The van der Waals surface area contributed by atoms with Crippen molar-refractivity contribution in [3.8, 4) is 0 Å². The largest absolute Gasteiger partial charge is 0.355 e. The van der Waals surface area contributed by atoms with Gasteiger partial charge in [0.1, 0.15) is 12.4 Å². The van der Waals surface area contributed by atoms with E-state index in [1.54, 1.807) is 0 Å². The lowest BCUT2D eigenvalue weighted by Gasteiger charge is -2.05. The van der Waals surface area contributed by atoms with Crippen LogP contribution in [0.2, 0.25) is 0 Å². The lowest BCUT2D eigenvalue weighted by molar-refractivity contribution is -0.671. The van der Waals surface area contributed by atoms with Crippen LogP contribution < -0.4 is 4.57 Å². The van der Waals surface area contributed by atoms with E-state index in [9.17, 15) is 5.11 Å². The number of aliphatic hydroxyl groups is 1. The van der Waals surface area contributed by atoms with Crippen LogP contribution in [-0.4, -0.2) is 9.67 Å². The van der Waals surface area contributed by atoms with Gasteiger partial charge in [-0.25, -0.2) is 9.13 Å². The summed E-state index contributed by atoms with van der Waals surface area (Å²) in [6.07, 6.45) is 11.1. The molecule has 0 radical (unpaired) electrons. The van der Waals surface area contributed by atoms with Gasteiger partial charge >= 0.3 is 0 Å². The number of rotatable bonds is 6. The third-order valence-electron chi connectivity index (χ3n) is 2.45. The van der Waals surface area contributed by atoms with E-state index in [1.807, 2.05) is 34.9 Å². The highest BCUT2D eigenvalue weighted by molar-refractivity contribution is 4.69. The lowest BCUT2D eigenvalue weighted by atomic mass is 10.1. The molecule has 3 heteroatoms. The van der Waals surface area contributed by atoms with Crippen LogP contribution in [-0.2, 0) is 7.05 Å². The van der Waals surface area contributed by atoms with Crippen LogP contribution in [0.5, 0.6) is 0 Å². The van der Waals surface area contributed by atoms with Gasteiger partial charge in [0, 0.05) is 6.42 Å². The van der Waals surface area contributed by atoms with E-state index in [2.05, 4.69) is 6.92 Å². The molecule has 1 rings (SSSR count). The smallest absolute Gasteiger partial charge is 0.245 e. The minimum absolute atomic E-state index is 0.354. The summed E-state index contributed by atoms with van der Waals surface area (Å²) in [5.74, 6) is 0. The maximum absolute atomic E-state index is 9.78. The fourth-order valence-corrected chi connectivity index (χ4v) is 1.55. The topological polar surface area (TPSA) is 29.0 Å². The van der Waals surface area contributed by atoms with E-state index in [-0.39, 0.29) is 6.23 Å². The summed E-state index contributed by atoms with van der Waals surface area (Å²) in [5.41, 5.74) is 0. The zero-order valence-corrected chi connectivity index (χ0v) is 9.19. The molecule has 0 saturated heterocycles. The van der Waals surface area contributed by atoms with Gasteiger partial charge in [0.2, 0.25) is 6.33 Å². The number of aromatic nitrogens is 2. The van der Waals surface area contributed by atoms with Gasteiger partial charge in [0.15, 0.2) is 6.23 Å². The lowest BCUT2D eigenvalue weighted by Crippen LogP contribution is -2.24. The number of aryl methyl sites for hydroxylation is 1. The molecule has 1 aromatic heterocycles. The summed E-state index contributed by atoms with van der Waals surface area (Å²) >= 11 is 0. The van der Waals surface area contributed by atoms with Gasteiger partial charge in [0.05, 0.1) is 7.05 Å². The van der Waals surface area contributed by atoms with Crippen LogP contribution >= 0.6 is 0 Å². The normalized spacial score (nSPS) is 13.1. The SMILES string of the molecule is CCCCCCC(O)n1cc[n+](C)c1. The summed E-state index contributed by atoms with van der Waals surface area (Å²) in [7, 11) is 1.96. The Bertz CT molecular complexity index is 258. The monoisotopic (exact) mass is 197 g/mol. The fourth-order valence-electron chi connectivity index (χ4n) is 1.55. The summed E-state index contributed by atoms with van der Waals surface area (Å²) in [4.78, 5) is 0. The summed E-state index contributed by atoms with van der Waals surface area (Å²) in [6.45, 7) is 2.20. The molecule has 1 heterocycles. The summed E-state index contributed by atoms with van der Waals surface area (Å²) in [6, 6.07) is 0. The second kappa shape index (κ2) is 5.81. The number of unbranched alkanes of at least 4 members (excludes halogenated alkanes) is 3. The Labute approximate surface area is 86.0 Å². The number of imidazole rings is 1. The Balaban J connectivity index is 2.25. The molecule has 0 bridgehead atoms. The molecule has 0 amide bonds. The van der Waals surface area contributed by atoms with Gasteiger partial charge in [0.25, 0.3) is 0 Å². The summed E-state index contributed by atoms with van der Waals surface area (Å²) < 4.78 is 3.79. The Kier molecular flexibility index (Phi) is 4.66. The summed E-state index contributed by atoms with van der Waals surface area (Å²) in [5, 5.41) is 9.78. The molecular formula is C11H21N2O+. The standard InChI is InChI=1S/C11H21N2O/c1-3-4-5-6-7-11(14)13-9-8-12(2)10-13/h8-11,14H,3-7H2,1-2H3/q+1. The van der Waals surface area contributed by atoms with Gasteiger partial charge < -0.3 is 5.11 Å². The molecule has 80 valence electrons. The first kappa shape index (κ1) is 11.2. The first-order valence-corrected chi connectivity index (χ1v) is 5.45. The third kappa shape index (κ3) is 3.50. The molecule has 1 unspecified atom stereocenters. The molecule has 1 aromatic rings. The van der Waals surface area contributed by atoms with E-state index >= 15 is 0 Å². The highest BCUT2D eigenvalue weighted by Gasteiger charge is 2.11. The molecule has 3 nitrogen and oxygen atoms in total. The minimum Gasteiger partial charge on any atom is -0.355 e. The third-order valence-corrected chi connectivity index (χ3v) is 2.45. The van der Waals surface area contributed by atoms with E-state index < -0.39 is 0 Å². The molecule has 0 aliphatic rings. The number of hydrogen-bond donors (Lipinski definition) is 1. The molecule has 14 heavy (non-hydrogen) atoms. The Hall–Kier alpha value is -0.830. The van der Waals surface area contributed by atoms with Crippen molar-refractivity contribution in [3.05, 3.63) is 18.7 Å². The van der Waals surface area contributed by atoms with Crippen LogP contribution in [0.1, 0.15) is 45.3 Å².